The number of pyridine rings is 1. The van der Waals surface area contributed by atoms with Gasteiger partial charge in [0.2, 0.25) is 0 Å². The van der Waals surface area contributed by atoms with E-state index >= 15 is 0 Å². The highest BCUT2D eigenvalue weighted by Crippen LogP contribution is 2.22. The van der Waals surface area contributed by atoms with Crippen molar-refractivity contribution in [3.05, 3.63) is 30.1 Å². The van der Waals surface area contributed by atoms with Gasteiger partial charge in [0.1, 0.15) is 0 Å². The number of guanidine groups is 1. The summed E-state index contributed by atoms with van der Waals surface area (Å²) < 4.78 is 0. The lowest BCUT2D eigenvalue weighted by Gasteiger charge is -2.35. The van der Waals surface area contributed by atoms with Gasteiger partial charge in [-0.05, 0) is 43.4 Å². The zero-order valence-corrected chi connectivity index (χ0v) is 17.0. The second-order valence-corrected chi connectivity index (χ2v) is 7.61. The Labute approximate surface area is 159 Å². The van der Waals surface area contributed by atoms with Gasteiger partial charge in [-0.1, -0.05) is 33.3 Å². The molecule has 1 aromatic rings. The van der Waals surface area contributed by atoms with E-state index in [9.17, 15) is 0 Å². The number of hydrogen-bond acceptors (Lipinski definition) is 3. The Hall–Kier alpha value is -1.62. The predicted octanol–water partition coefficient (Wildman–Crippen LogP) is 3.25. The Kier molecular flexibility index (Phi) is 8.89. The summed E-state index contributed by atoms with van der Waals surface area (Å²) in [5.41, 5.74) is 1.28. The van der Waals surface area contributed by atoms with Crippen LogP contribution < -0.4 is 10.6 Å². The van der Waals surface area contributed by atoms with E-state index in [1.807, 2.05) is 25.5 Å². The van der Waals surface area contributed by atoms with E-state index < -0.39 is 0 Å². The highest BCUT2D eigenvalue weighted by atomic mass is 15.2. The van der Waals surface area contributed by atoms with E-state index in [1.165, 1.54) is 37.8 Å². The molecule has 2 unspecified atom stereocenters. The van der Waals surface area contributed by atoms with Gasteiger partial charge >= 0.3 is 0 Å². The van der Waals surface area contributed by atoms with Gasteiger partial charge < -0.3 is 10.6 Å². The standard InChI is InChI=1S/C21H37N5/c1-5-19-10-6-7-13-26(19)14-12-24-21(22-4)25-16-20(17(2)3)18-9-8-11-23-15-18/h8-9,11,15,17,19-20H,5-7,10,12-14,16H2,1-4H3,(H2,22,24,25). The number of hydrogen-bond donors (Lipinski definition) is 2. The number of rotatable bonds is 8. The van der Waals surface area contributed by atoms with Gasteiger partial charge in [-0.25, -0.2) is 0 Å². The van der Waals surface area contributed by atoms with Gasteiger partial charge in [-0.15, -0.1) is 0 Å². The maximum atomic E-state index is 4.40. The van der Waals surface area contributed by atoms with Crippen LogP contribution in [0, 0.1) is 5.92 Å². The van der Waals surface area contributed by atoms with E-state index in [0.717, 1.165) is 31.6 Å². The molecule has 0 amide bonds. The molecule has 5 heteroatoms. The third-order valence-electron chi connectivity index (χ3n) is 5.54. The molecule has 146 valence electrons. The number of likely N-dealkylation sites (tertiary alicyclic amines) is 1. The Morgan fingerprint density at radius 1 is 1.35 bits per heavy atom. The number of nitrogens with zero attached hydrogens (tertiary/aromatic N) is 3. The van der Waals surface area contributed by atoms with Crippen LogP contribution in [-0.2, 0) is 0 Å². The fraction of sp³-hybridized carbons (Fsp3) is 0.714. The fourth-order valence-corrected chi connectivity index (χ4v) is 3.90. The van der Waals surface area contributed by atoms with Crippen LogP contribution in [0.4, 0.5) is 0 Å². The lowest BCUT2D eigenvalue weighted by Crippen LogP contribution is -2.46. The van der Waals surface area contributed by atoms with Crippen LogP contribution in [0.5, 0.6) is 0 Å². The quantitative estimate of drug-likeness (QED) is 0.553. The largest absolute Gasteiger partial charge is 0.356 e. The maximum Gasteiger partial charge on any atom is 0.191 e. The van der Waals surface area contributed by atoms with E-state index in [2.05, 4.69) is 52.3 Å². The second-order valence-electron chi connectivity index (χ2n) is 7.61. The van der Waals surface area contributed by atoms with Crippen molar-refractivity contribution >= 4 is 5.96 Å². The van der Waals surface area contributed by atoms with Gasteiger partial charge in [-0.2, -0.15) is 0 Å². The summed E-state index contributed by atoms with van der Waals surface area (Å²) in [6.07, 6.45) is 9.14. The van der Waals surface area contributed by atoms with Crippen molar-refractivity contribution in [1.82, 2.24) is 20.5 Å². The predicted molar refractivity (Wildman–Crippen MR) is 111 cm³/mol. The van der Waals surface area contributed by atoms with Crippen molar-refractivity contribution in [1.29, 1.82) is 0 Å². The molecule has 0 aromatic carbocycles. The Bertz CT molecular complexity index is 528. The second kappa shape index (κ2) is 11.2. The van der Waals surface area contributed by atoms with Crippen LogP contribution in [0.3, 0.4) is 0 Å². The first-order valence-electron chi connectivity index (χ1n) is 10.2. The lowest BCUT2D eigenvalue weighted by molar-refractivity contribution is 0.147. The normalized spacial score (nSPS) is 20.2. The molecular formula is C21H37N5. The van der Waals surface area contributed by atoms with Crippen LogP contribution >= 0.6 is 0 Å². The van der Waals surface area contributed by atoms with Crippen LogP contribution in [0.1, 0.15) is 57.9 Å². The molecule has 0 bridgehead atoms. The molecule has 5 nitrogen and oxygen atoms in total. The summed E-state index contributed by atoms with van der Waals surface area (Å²) >= 11 is 0. The van der Waals surface area contributed by atoms with Crippen LogP contribution in [0.2, 0.25) is 0 Å². The van der Waals surface area contributed by atoms with Crippen molar-refractivity contribution in [3.63, 3.8) is 0 Å². The summed E-state index contributed by atoms with van der Waals surface area (Å²) in [5, 5.41) is 6.99. The zero-order chi connectivity index (χ0) is 18.8. The van der Waals surface area contributed by atoms with Gasteiger partial charge in [0.15, 0.2) is 5.96 Å². The zero-order valence-electron chi connectivity index (χ0n) is 17.0. The highest BCUT2D eigenvalue weighted by Gasteiger charge is 2.20. The van der Waals surface area contributed by atoms with Crippen LogP contribution in [0.15, 0.2) is 29.5 Å². The molecule has 1 saturated heterocycles. The van der Waals surface area contributed by atoms with Crippen molar-refractivity contribution in [2.45, 2.75) is 58.4 Å². The van der Waals surface area contributed by atoms with E-state index in [4.69, 9.17) is 0 Å². The molecule has 2 N–H and O–H groups in total. The van der Waals surface area contributed by atoms with E-state index in [0.29, 0.717) is 11.8 Å². The minimum Gasteiger partial charge on any atom is -0.356 e. The summed E-state index contributed by atoms with van der Waals surface area (Å²) in [4.78, 5) is 11.3. The van der Waals surface area contributed by atoms with Crippen molar-refractivity contribution in [3.8, 4) is 0 Å². The monoisotopic (exact) mass is 359 g/mol. The first kappa shape index (κ1) is 20.7. The molecule has 0 radical (unpaired) electrons. The molecule has 2 rings (SSSR count). The molecule has 1 aliphatic heterocycles. The fourth-order valence-electron chi connectivity index (χ4n) is 3.90. The summed E-state index contributed by atoms with van der Waals surface area (Å²) in [7, 11) is 1.85. The SMILES string of the molecule is CCC1CCCCN1CCNC(=NC)NCC(c1cccnc1)C(C)C. The highest BCUT2D eigenvalue weighted by molar-refractivity contribution is 5.79. The van der Waals surface area contributed by atoms with Crippen LogP contribution in [0.25, 0.3) is 0 Å². The average molecular weight is 360 g/mol. The third-order valence-corrected chi connectivity index (χ3v) is 5.54. The third kappa shape index (κ3) is 6.27. The van der Waals surface area contributed by atoms with Gasteiger partial charge in [-0.3, -0.25) is 14.9 Å². The van der Waals surface area contributed by atoms with Gasteiger partial charge in [0, 0.05) is 51.0 Å². The number of piperidine rings is 1. The molecule has 0 spiro atoms. The van der Waals surface area contributed by atoms with Crippen LogP contribution in [-0.4, -0.2) is 55.1 Å². The number of aliphatic imine (C=N–C) groups is 1. The minimum atomic E-state index is 0.425. The van der Waals surface area contributed by atoms with Crippen molar-refractivity contribution in [2.24, 2.45) is 10.9 Å². The number of aromatic nitrogens is 1. The smallest absolute Gasteiger partial charge is 0.191 e. The van der Waals surface area contributed by atoms with Crippen molar-refractivity contribution < 1.29 is 0 Å². The van der Waals surface area contributed by atoms with E-state index in [1.54, 1.807) is 0 Å². The Balaban J connectivity index is 1.79. The molecule has 26 heavy (non-hydrogen) atoms. The molecule has 1 aromatic heterocycles. The molecule has 0 aliphatic carbocycles. The summed E-state index contributed by atoms with van der Waals surface area (Å²) in [5.74, 6) is 1.86. The molecule has 1 fully saturated rings. The van der Waals surface area contributed by atoms with Crippen molar-refractivity contribution in [2.75, 3.05) is 33.2 Å². The topological polar surface area (TPSA) is 52.5 Å². The minimum absolute atomic E-state index is 0.425. The summed E-state index contributed by atoms with van der Waals surface area (Å²) in [6, 6.07) is 4.94. The lowest BCUT2D eigenvalue weighted by atomic mass is 9.89. The molecule has 2 heterocycles. The van der Waals surface area contributed by atoms with E-state index in [-0.39, 0.29) is 0 Å². The Morgan fingerprint density at radius 3 is 2.85 bits per heavy atom. The first-order chi connectivity index (χ1) is 12.7. The van der Waals surface area contributed by atoms with Gasteiger partial charge in [0.05, 0.1) is 0 Å². The maximum absolute atomic E-state index is 4.40. The Morgan fingerprint density at radius 2 is 2.19 bits per heavy atom. The average Bonchev–Trinajstić information content (AvgIpc) is 2.67. The first-order valence-corrected chi connectivity index (χ1v) is 10.2. The summed E-state index contributed by atoms with van der Waals surface area (Å²) in [6.45, 7) is 11.0. The molecular weight excluding hydrogens is 322 g/mol. The molecule has 1 aliphatic rings. The molecule has 2 atom stereocenters. The van der Waals surface area contributed by atoms with Gasteiger partial charge in [0.25, 0.3) is 0 Å². The number of nitrogens with one attached hydrogen (secondary N) is 2. The molecule has 0 saturated carbocycles.